The van der Waals surface area contributed by atoms with Crippen LogP contribution in [0.3, 0.4) is 0 Å². The summed E-state index contributed by atoms with van der Waals surface area (Å²) in [5.74, 6) is 0.523. The van der Waals surface area contributed by atoms with E-state index < -0.39 is 10.0 Å². The summed E-state index contributed by atoms with van der Waals surface area (Å²) >= 11 is 0. The molecule has 0 radical (unpaired) electrons. The Morgan fingerprint density at radius 2 is 1.88 bits per heavy atom. The van der Waals surface area contributed by atoms with Crippen molar-refractivity contribution in [3.63, 3.8) is 0 Å². The van der Waals surface area contributed by atoms with Crippen LogP contribution in [-0.2, 0) is 16.4 Å². The van der Waals surface area contributed by atoms with E-state index in [0.717, 1.165) is 24.1 Å². The second-order valence-electron chi connectivity index (χ2n) is 5.80. The Balaban J connectivity index is 1.75. The molecule has 0 spiro atoms. The molecule has 1 aliphatic rings. The van der Waals surface area contributed by atoms with Gasteiger partial charge in [-0.25, -0.2) is 13.4 Å². The van der Waals surface area contributed by atoms with E-state index in [9.17, 15) is 8.42 Å². The molecule has 3 rings (SSSR count). The minimum atomic E-state index is -3.48. The van der Waals surface area contributed by atoms with Gasteiger partial charge in [-0.15, -0.1) is 0 Å². The average molecular weight is 358 g/mol. The molecular weight excluding hydrogens is 336 g/mol. The number of hydrazone groups is 1. The molecule has 7 heteroatoms. The second kappa shape index (κ2) is 7.33. The van der Waals surface area contributed by atoms with Gasteiger partial charge in [0.15, 0.2) is 0 Å². The van der Waals surface area contributed by atoms with Crippen molar-refractivity contribution in [3.05, 3.63) is 53.7 Å². The van der Waals surface area contributed by atoms with Crippen LogP contribution >= 0.6 is 0 Å². The van der Waals surface area contributed by atoms with Gasteiger partial charge in [0.1, 0.15) is 10.7 Å². The van der Waals surface area contributed by atoms with E-state index in [1.165, 1.54) is 16.1 Å². The summed E-state index contributed by atoms with van der Waals surface area (Å²) in [6, 6.07) is 11.4. The van der Waals surface area contributed by atoms with Gasteiger partial charge in [0.25, 0.3) is 0 Å². The Morgan fingerprint density at radius 1 is 1.12 bits per heavy atom. The van der Waals surface area contributed by atoms with Crippen molar-refractivity contribution in [1.82, 2.24) is 9.29 Å². The molecule has 0 saturated carbocycles. The fourth-order valence-corrected chi connectivity index (χ4v) is 4.36. The summed E-state index contributed by atoms with van der Waals surface area (Å²) in [6.07, 6.45) is 3.25. The maximum atomic E-state index is 12.4. The lowest BCUT2D eigenvalue weighted by atomic mass is 10.1. The van der Waals surface area contributed by atoms with Gasteiger partial charge in [-0.2, -0.15) is 9.41 Å². The molecule has 0 unspecified atom stereocenters. The molecule has 0 aliphatic heterocycles. The summed E-state index contributed by atoms with van der Waals surface area (Å²) in [6.45, 7) is 4.51. The van der Waals surface area contributed by atoms with Crippen LogP contribution in [-0.4, -0.2) is 36.5 Å². The fourth-order valence-electron chi connectivity index (χ4n) is 2.96. The highest BCUT2D eigenvalue weighted by atomic mass is 32.2. The van der Waals surface area contributed by atoms with Crippen molar-refractivity contribution in [3.8, 4) is 0 Å². The van der Waals surface area contributed by atoms with E-state index in [0.29, 0.717) is 18.9 Å². The molecule has 1 aliphatic carbocycles. The van der Waals surface area contributed by atoms with Crippen molar-refractivity contribution in [2.45, 2.75) is 31.6 Å². The molecule has 25 heavy (non-hydrogen) atoms. The van der Waals surface area contributed by atoms with Crippen LogP contribution in [0.2, 0.25) is 0 Å². The Bertz CT molecular complexity index is 872. The number of benzene rings is 1. The lowest BCUT2D eigenvalue weighted by Gasteiger charge is -2.18. The molecule has 0 atom stereocenters. The SMILES string of the molecule is CCN(CC)S(=O)(=O)c1ccc(N/N=C2/CCc3ccccc32)nc1. The molecule has 132 valence electrons. The zero-order valence-electron chi connectivity index (χ0n) is 14.4. The number of aromatic nitrogens is 1. The minimum Gasteiger partial charge on any atom is -0.261 e. The normalized spacial score (nSPS) is 15.6. The van der Waals surface area contributed by atoms with Crippen molar-refractivity contribution < 1.29 is 8.42 Å². The lowest BCUT2D eigenvalue weighted by molar-refractivity contribution is 0.445. The summed E-state index contributed by atoms with van der Waals surface area (Å²) in [4.78, 5) is 4.38. The van der Waals surface area contributed by atoms with Crippen LogP contribution in [0.15, 0.2) is 52.6 Å². The van der Waals surface area contributed by atoms with Gasteiger partial charge in [-0.3, -0.25) is 5.43 Å². The van der Waals surface area contributed by atoms with E-state index >= 15 is 0 Å². The van der Waals surface area contributed by atoms with E-state index in [4.69, 9.17) is 0 Å². The molecule has 6 nitrogen and oxygen atoms in total. The monoisotopic (exact) mass is 358 g/mol. The number of rotatable bonds is 6. The zero-order chi connectivity index (χ0) is 17.9. The van der Waals surface area contributed by atoms with E-state index in [-0.39, 0.29) is 4.90 Å². The first-order valence-electron chi connectivity index (χ1n) is 8.43. The van der Waals surface area contributed by atoms with Crippen molar-refractivity contribution in [2.75, 3.05) is 18.5 Å². The van der Waals surface area contributed by atoms with Gasteiger partial charge in [-0.05, 0) is 30.5 Å². The summed E-state index contributed by atoms with van der Waals surface area (Å²) in [7, 11) is -3.48. The first-order valence-corrected chi connectivity index (χ1v) is 9.87. The quantitative estimate of drug-likeness (QED) is 0.806. The van der Waals surface area contributed by atoms with E-state index in [1.54, 1.807) is 12.1 Å². The molecule has 0 saturated heterocycles. The Hall–Kier alpha value is -2.25. The Labute approximate surface area is 148 Å². The topological polar surface area (TPSA) is 74.7 Å². The number of hydrogen-bond acceptors (Lipinski definition) is 5. The number of nitrogens with one attached hydrogen (secondary N) is 1. The maximum Gasteiger partial charge on any atom is 0.244 e. The average Bonchev–Trinajstić information content (AvgIpc) is 3.04. The van der Waals surface area contributed by atoms with Crippen LogP contribution in [0.4, 0.5) is 5.82 Å². The highest BCUT2D eigenvalue weighted by molar-refractivity contribution is 7.89. The van der Waals surface area contributed by atoms with Crippen molar-refractivity contribution in [2.24, 2.45) is 5.10 Å². The van der Waals surface area contributed by atoms with E-state index in [2.05, 4.69) is 27.6 Å². The molecule has 0 amide bonds. The summed E-state index contributed by atoms with van der Waals surface area (Å²) < 4.78 is 26.3. The smallest absolute Gasteiger partial charge is 0.244 e. The molecule has 1 aromatic heterocycles. The zero-order valence-corrected chi connectivity index (χ0v) is 15.3. The predicted molar refractivity (Wildman–Crippen MR) is 99.3 cm³/mol. The largest absolute Gasteiger partial charge is 0.261 e. The third-order valence-corrected chi connectivity index (χ3v) is 6.38. The van der Waals surface area contributed by atoms with Crippen LogP contribution < -0.4 is 5.43 Å². The molecule has 1 N–H and O–H groups in total. The molecule has 1 aromatic carbocycles. The van der Waals surface area contributed by atoms with E-state index in [1.807, 2.05) is 26.0 Å². The van der Waals surface area contributed by atoms with Crippen molar-refractivity contribution >= 4 is 21.6 Å². The maximum absolute atomic E-state index is 12.4. The number of aryl methyl sites for hydroxylation is 1. The molecule has 0 bridgehead atoms. The number of nitrogens with zero attached hydrogens (tertiary/aromatic N) is 3. The predicted octanol–water partition coefficient (Wildman–Crippen LogP) is 2.87. The second-order valence-corrected chi connectivity index (χ2v) is 7.73. The summed E-state index contributed by atoms with van der Waals surface area (Å²) in [5, 5.41) is 4.44. The Kier molecular flexibility index (Phi) is 5.15. The third-order valence-electron chi connectivity index (χ3n) is 4.34. The first-order chi connectivity index (χ1) is 12.1. The number of anilines is 1. The van der Waals surface area contributed by atoms with Gasteiger partial charge in [0.05, 0.1) is 5.71 Å². The van der Waals surface area contributed by atoms with Crippen LogP contribution in [0.1, 0.15) is 31.4 Å². The van der Waals surface area contributed by atoms with Gasteiger partial charge in [0.2, 0.25) is 10.0 Å². The third kappa shape index (κ3) is 3.57. The number of fused-ring (bicyclic) bond motifs is 1. The fraction of sp³-hybridized carbons (Fsp3) is 0.333. The highest BCUT2D eigenvalue weighted by Crippen LogP contribution is 2.22. The standard InChI is InChI=1S/C18H22N4O2S/c1-3-22(4-2)25(23,24)15-10-12-18(19-13-15)21-20-17-11-9-14-7-5-6-8-16(14)17/h5-8,10,12-13H,3-4,9,11H2,1-2H3,(H,19,21)/b20-17-. The molecular formula is C18H22N4O2S. The Morgan fingerprint density at radius 3 is 2.56 bits per heavy atom. The summed E-state index contributed by atoms with van der Waals surface area (Å²) in [5.41, 5.74) is 6.39. The molecule has 0 fully saturated rings. The number of sulfonamides is 1. The minimum absolute atomic E-state index is 0.195. The van der Waals surface area contributed by atoms with Crippen LogP contribution in [0.25, 0.3) is 0 Å². The highest BCUT2D eigenvalue weighted by Gasteiger charge is 2.22. The first kappa shape index (κ1) is 17.6. The van der Waals surface area contributed by atoms with Gasteiger partial charge in [0, 0.05) is 24.8 Å². The molecule has 2 aromatic rings. The number of hydrogen-bond donors (Lipinski definition) is 1. The van der Waals surface area contributed by atoms with Crippen LogP contribution in [0.5, 0.6) is 0 Å². The van der Waals surface area contributed by atoms with Crippen LogP contribution in [0, 0.1) is 0 Å². The van der Waals surface area contributed by atoms with Gasteiger partial charge < -0.3 is 0 Å². The van der Waals surface area contributed by atoms with Gasteiger partial charge in [-0.1, -0.05) is 38.1 Å². The molecule has 1 heterocycles. The van der Waals surface area contributed by atoms with Gasteiger partial charge >= 0.3 is 0 Å². The lowest BCUT2D eigenvalue weighted by Crippen LogP contribution is -2.30. The van der Waals surface area contributed by atoms with Crippen molar-refractivity contribution in [1.29, 1.82) is 0 Å². The number of pyridine rings is 1.